The number of carbonyl (C=O) groups excluding carboxylic acids is 1. The van der Waals surface area contributed by atoms with Gasteiger partial charge in [-0.15, -0.1) is 0 Å². The van der Waals surface area contributed by atoms with E-state index in [0.29, 0.717) is 6.54 Å². The number of anilines is 2. The minimum Gasteiger partial charge on any atom is -0.378 e. The number of ether oxygens (including phenoxy) is 1. The van der Waals surface area contributed by atoms with Crippen LogP contribution in [0.15, 0.2) is 72.8 Å². The lowest BCUT2D eigenvalue weighted by Crippen LogP contribution is -2.43. The van der Waals surface area contributed by atoms with Crippen LogP contribution in [-0.4, -0.2) is 43.8 Å². The maximum atomic E-state index is 13.5. The summed E-state index contributed by atoms with van der Waals surface area (Å²) in [5, 5.41) is 3.20. The lowest BCUT2D eigenvalue weighted by Gasteiger charge is -2.37. The summed E-state index contributed by atoms with van der Waals surface area (Å²) >= 11 is 0. The van der Waals surface area contributed by atoms with E-state index in [4.69, 9.17) is 4.74 Å². The zero-order valence-electron chi connectivity index (χ0n) is 19.2. The van der Waals surface area contributed by atoms with Crippen LogP contribution >= 0.6 is 0 Å². The first-order valence-electron chi connectivity index (χ1n) is 11.8. The smallest absolute Gasteiger partial charge is 0.322 e. The molecule has 0 radical (unpaired) electrons. The van der Waals surface area contributed by atoms with Gasteiger partial charge < -0.3 is 19.9 Å². The molecule has 2 amide bonds. The Bertz CT molecular complexity index is 1110. The number of aryl methyl sites for hydroxylation is 1. The van der Waals surface area contributed by atoms with Crippen molar-refractivity contribution in [2.45, 2.75) is 25.8 Å². The maximum Gasteiger partial charge on any atom is 0.322 e. The van der Waals surface area contributed by atoms with Crippen LogP contribution in [0.2, 0.25) is 0 Å². The molecule has 1 atom stereocenters. The number of nitrogens with zero attached hydrogens (tertiary/aromatic N) is 2. The molecule has 5 nitrogen and oxygen atoms in total. The third kappa shape index (κ3) is 4.74. The van der Waals surface area contributed by atoms with Crippen LogP contribution in [0.3, 0.4) is 0 Å². The number of urea groups is 1. The minimum atomic E-state index is -0.0346. The average molecular weight is 442 g/mol. The van der Waals surface area contributed by atoms with Crippen LogP contribution in [-0.2, 0) is 17.6 Å². The van der Waals surface area contributed by atoms with E-state index in [1.165, 1.54) is 22.4 Å². The summed E-state index contributed by atoms with van der Waals surface area (Å²) in [6, 6.07) is 25.2. The van der Waals surface area contributed by atoms with E-state index in [2.05, 4.69) is 77.8 Å². The minimum absolute atomic E-state index is 0.0188. The first-order chi connectivity index (χ1) is 16.2. The van der Waals surface area contributed by atoms with Gasteiger partial charge in [-0.1, -0.05) is 54.6 Å². The SMILES string of the molecule is Cc1cc(N2CCOCC2)ccc1NC(=O)N1CCc2ccccc2[C@@H]1Cc1ccccc1. The monoisotopic (exact) mass is 441 g/mol. The zero-order chi connectivity index (χ0) is 22.6. The van der Waals surface area contributed by atoms with Crippen molar-refractivity contribution in [2.75, 3.05) is 43.1 Å². The third-order valence-electron chi connectivity index (χ3n) is 6.77. The van der Waals surface area contributed by atoms with Crippen molar-refractivity contribution in [3.05, 3.63) is 95.1 Å². The second-order valence-electron chi connectivity index (χ2n) is 8.88. The normalized spacial score (nSPS) is 18.0. The molecule has 170 valence electrons. The Balaban J connectivity index is 1.36. The van der Waals surface area contributed by atoms with Gasteiger partial charge in [0.25, 0.3) is 0 Å². The average Bonchev–Trinajstić information content (AvgIpc) is 2.86. The molecule has 0 bridgehead atoms. The Hall–Kier alpha value is -3.31. The van der Waals surface area contributed by atoms with E-state index >= 15 is 0 Å². The Morgan fingerprint density at radius 1 is 0.970 bits per heavy atom. The van der Waals surface area contributed by atoms with Gasteiger partial charge in [0.1, 0.15) is 0 Å². The molecule has 2 aliphatic rings. The fraction of sp³-hybridized carbons (Fsp3) is 0.321. The second-order valence-corrected chi connectivity index (χ2v) is 8.88. The highest BCUT2D eigenvalue weighted by Gasteiger charge is 2.31. The van der Waals surface area contributed by atoms with Gasteiger partial charge in [-0.05, 0) is 60.2 Å². The van der Waals surface area contributed by atoms with Gasteiger partial charge in [-0.3, -0.25) is 0 Å². The first-order valence-corrected chi connectivity index (χ1v) is 11.8. The van der Waals surface area contributed by atoms with E-state index in [1.807, 2.05) is 17.0 Å². The summed E-state index contributed by atoms with van der Waals surface area (Å²) in [6.07, 6.45) is 1.68. The van der Waals surface area contributed by atoms with Crippen molar-refractivity contribution in [1.82, 2.24) is 4.90 Å². The molecule has 3 aromatic rings. The number of fused-ring (bicyclic) bond motifs is 1. The van der Waals surface area contributed by atoms with E-state index in [9.17, 15) is 4.79 Å². The molecule has 0 saturated carbocycles. The Kier molecular flexibility index (Phi) is 6.31. The van der Waals surface area contributed by atoms with Crippen molar-refractivity contribution >= 4 is 17.4 Å². The van der Waals surface area contributed by atoms with Crippen LogP contribution in [0.1, 0.15) is 28.3 Å². The van der Waals surface area contributed by atoms with Crippen LogP contribution in [0.25, 0.3) is 0 Å². The van der Waals surface area contributed by atoms with Crippen LogP contribution in [0, 0.1) is 6.92 Å². The summed E-state index contributed by atoms with van der Waals surface area (Å²) in [6.45, 7) is 6.10. The summed E-state index contributed by atoms with van der Waals surface area (Å²) in [5.41, 5.74) is 6.96. The van der Waals surface area contributed by atoms with Gasteiger partial charge in [0, 0.05) is 31.0 Å². The highest BCUT2D eigenvalue weighted by Crippen LogP contribution is 2.33. The quantitative estimate of drug-likeness (QED) is 0.605. The molecular weight excluding hydrogens is 410 g/mol. The molecular formula is C28H31N3O2. The number of amides is 2. The number of morpholine rings is 1. The molecule has 5 rings (SSSR count). The maximum absolute atomic E-state index is 13.5. The molecule has 0 spiro atoms. The van der Waals surface area contributed by atoms with Crippen molar-refractivity contribution in [2.24, 2.45) is 0 Å². The van der Waals surface area contributed by atoms with Crippen molar-refractivity contribution in [1.29, 1.82) is 0 Å². The molecule has 1 saturated heterocycles. The molecule has 1 N–H and O–H groups in total. The highest BCUT2D eigenvalue weighted by atomic mass is 16.5. The highest BCUT2D eigenvalue weighted by molar-refractivity contribution is 5.91. The largest absolute Gasteiger partial charge is 0.378 e. The van der Waals surface area contributed by atoms with Gasteiger partial charge in [0.2, 0.25) is 0 Å². The molecule has 33 heavy (non-hydrogen) atoms. The molecule has 0 aromatic heterocycles. The van der Waals surface area contributed by atoms with E-state index < -0.39 is 0 Å². The molecule has 5 heteroatoms. The predicted molar refractivity (Wildman–Crippen MR) is 133 cm³/mol. The molecule has 2 heterocycles. The molecule has 3 aromatic carbocycles. The fourth-order valence-corrected chi connectivity index (χ4v) is 4.95. The number of rotatable bonds is 4. The van der Waals surface area contributed by atoms with Gasteiger partial charge in [-0.2, -0.15) is 0 Å². The number of benzene rings is 3. The predicted octanol–water partition coefficient (Wildman–Crippen LogP) is 5.21. The van der Waals surface area contributed by atoms with Crippen molar-refractivity contribution < 1.29 is 9.53 Å². The van der Waals surface area contributed by atoms with Crippen molar-refractivity contribution in [3.63, 3.8) is 0 Å². The Morgan fingerprint density at radius 3 is 2.52 bits per heavy atom. The first kappa shape index (κ1) is 21.5. The van der Waals surface area contributed by atoms with Crippen LogP contribution in [0.5, 0.6) is 0 Å². The Morgan fingerprint density at radius 2 is 1.73 bits per heavy atom. The molecule has 2 aliphatic heterocycles. The van der Waals surface area contributed by atoms with Crippen molar-refractivity contribution in [3.8, 4) is 0 Å². The number of hydrogen-bond donors (Lipinski definition) is 1. The van der Waals surface area contributed by atoms with Gasteiger partial charge >= 0.3 is 6.03 Å². The third-order valence-corrected chi connectivity index (χ3v) is 6.77. The zero-order valence-corrected chi connectivity index (χ0v) is 19.2. The van der Waals surface area contributed by atoms with E-state index in [0.717, 1.165) is 50.4 Å². The second kappa shape index (κ2) is 9.67. The number of carbonyl (C=O) groups is 1. The van der Waals surface area contributed by atoms with Crippen LogP contribution < -0.4 is 10.2 Å². The van der Waals surface area contributed by atoms with E-state index in [-0.39, 0.29) is 12.1 Å². The summed E-state index contributed by atoms with van der Waals surface area (Å²) in [7, 11) is 0. The Labute approximate surface area is 196 Å². The number of nitrogens with one attached hydrogen (secondary N) is 1. The van der Waals surface area contributed by atoms with Crippen LogP contribution in [0.4, 0.5) is 16.2 Å². The molecule has 1 fully saturated rings. The summed E-state index contributed by atoms with van der Waals surface area (Å²) in [5.74, 6) is 0. The lowest BCUT2D eigenvalue weighted by atomic mass is 9.89. The topological polar surface area (TPSA) is 44.8 Å². The summed E-state index contributed by atoms with van der Waals surface area (Å²) in [4.78, 5) is 17.8. The lowest BCUT2D eigenvalue weighted by molar-refractivity contribution is 0.122. The fourth-order valence-electron chi connectivity index (χ4n) is 4.95. The van der Waals surface area contributed by atoms with Gasteiger partial charge in [-0.25, -0.2) is 4.79 Å². The number of hydrogen-bond acceptors (Lipinski definition) is 3. The van der Waals surface area contributed by atoms with Gasteiger partial charge in [0.05, 0.1) is 19.3 Å². The molecule has 0 unspecified atom stereocenters. The standard InChI is InChI=1S/C28H31N3O2/c1-21-19-24(30-15-17-33-18-16-30)11-12-26(21)29-28(32)31-14-13-23-9-5-6-10-25(23)27(31)20-22-7-3-2-4-8-22/h2-12,19,27H,13-18,20H2,1H3,(H,29,32)/t27-/m0/s1. The van der Waals surface area contributed by atoms with Gasteiger partial charge in [0.15, 0.2) is 0 Å². The molecule has 0 aliphatic carbocycles. The van der Waals surface area contributed by atoms with E-state index in [1.54, 1.807) is 0 Å². The summed E-state index contributed by atoms with van der Waals surface area (Å²) < 4.78 is 5.47.